The van der Waals surface area contributed by atoms with Gasteiger partial charge in [0.1, 0.15) is 11.5 Å². The van der Waals surface area contributed by atoms with E-state index < -0.39 is 0 Å². The SMILES string of the molecule is CCOC(=O)c1cccc(-c2ccc(/C=C(/C#N)c3ccccc3)o2)c1. The maximum atomic E-state index is 11.9. The zero-order valence-corrected chi connectivity index (χ0v) is 14.3. The second-order valence-corrected chi connectivity index (χ2v) is 5.54. The third kappa shape index (κ3) is 3.90. The molecule has 3 rings (SSSR count). The third-order valence-corrected chi connectivity index (χ3v) is 3.78. The molecule has 0 radical (unpaired) electrons. The van der Waals surface area contributed by atoms with Crippen molar-refractivity contribution in [2.75, 3.05) is 6.61 Å². The lowest BCUT2D eigenvalue weighted by Crippen LogP contribution is -2.04. The monoisotopic (exact) mass is 343 g/mol. The second kappa shape index (κ2) is 8.00. The van der Waals surface area contributed by atoms with Crippen LogP contribution in [0.15, 0.2) is 71.1 Å². The van der Waals surface area contributed by atoms with Gasteiger partial charge in [0.25, 0.3) is 0 Å². The van der Waals surface area contributed by atoms with Crippen LogP contribution >= 0.6 is 0 Å². The summed E-state index contributed by atoms with van der Waals surface area (Å²) in [5.74, 6) is 0.826. The molecule has 128 valence electrons. The summed E-state index contributed by atoms with van der Waals surface area (Å²) in [6, 6.07) is 22.3. The smallest absolute Gasteiger partial charge is 0.338 e. The molecule has 0 spiro atoms. The number of allylic oxidation sites excluding steroid dienone is 1. The van der Waals surface area contributed by atoms with Gasteiger partial charge in [-0.15, -0.1) is 0 Å². The summed E-state index contributed by atoms with van der Waals surface area (Å²) in [7, 11) is 0. The summed E-state index contributed by atoms with van der Waals surface area (Å²) in [6.45, 7) is 2.10. The van der Waals surface area contributed by atoms with Gasteiger partial charge in [0.05, 0.1) is 23.8 Å². The van der Waals surface area contributed by atoms with E-state index in [9.17, 15) is 10.1 Å². The maximum Gasteiger partial charge on any atom is 0.338 e. The predicted molar refractivity (Wildman–Crippen MR) is 100 cm³/mol. The van der Waals surface area contributed by atoms with E-state index in [4.69, 9.17) is 9.15 Å². The van der Waals surface area contributed by atoms with Crippen molar-refractivity contribution in [1.29, 1.82) is 5.26 Å². The molecule has 0 saturated carbocycles. The summed E-state index contributed by atoms with van der Waals surface area (Å²) in [6.07, 6.45) is 1.70. The van der Waals surface area contributed by atoms with Crippen LogP contribution in [0.2, 0.25) is 0 Å². The number of hydrogen-bond donors (Lipinski definition) is 0. The standard InChI is InChI=1S/C22H17NO3/c1-2-25-22(24)18-10-6-9-17(13-18)21-12-11-20(26-21)14-19(15-23)16-7-4-3-5-8-16/h3-14H,2H2,1H3/b19-14-. The molecule has 0 N–H and O–H groups in total. The van der Waals surface area contributed by atoms with Gasteiger partial charge in [-0.1, -0.05) is 42.5 Å². The van der Waals surface area contributed by atoms with E-state index in [1.807, 2.05) is 42.5 Å². The quantitative estimate of drug-likeness (QED) is 0.472. The normalized spacial score (nSPS) is 11.0. The highest BCUT2D eigenvalue weighted by Gasteiger charge is 2.10. The van der Waals surface area contributed by atoms with E-state index in [0.717, 1.165) is 11.1 Å². The minimum absolute atomic E-state index is 0.329. The molecule has 26 heavy (non-hydrogen) atoms. The third-order valence-electron chi connectivity index (χ3n) is 3.78. The molecule has 4 heteroatoms. The van der Waals surface area contributed by atoms with Crippen molar-refractivity contribution >= 4 is 17.6 Å². The van der Waals surface area contributed by atoms with Crippen molar-refractivity contribution in [3.8, 4) is 17.4 Å². The van der Waals surface area contributed by atoms with Crippen LogP contribution in [-0.2, 0) is 4.74 Å². The number of furan rings is 1. The molecule has 3 aromatic rings. The number of carbonyl (C=O) groups is 1. The first-order chi connectivity index (χ1) is 12.7. The molecule has 0 aliphatic carbocycles. The van der Waals surface area contributed by atoms with E-state index >= 15 is 0 Å². The fraction of sp³-hybridized carbons (Fsp3) is 0.0909. The number of nitriles is 1. The zero-order chi connectivity index (χ0) is 18.4. The van der Waals surface area contributed by atoms with Crippen LogP contribution in [0.5, 0.6) is 0 Å². The number of hydrogen-bond acceptors (Lipinski definition) is 4. The molecule has 0 atom stereocenters. The van der Waals surface area contributed by atoms with Crippen LogP contribution < -0.4 is 0 Å². The van der Waals surface area contributed by atoms with Gasteiger partial charge in [0.2, 0.25) is 0 Å². The number of rotatable bonds is 5. The lowest BCUT2D eigenvalue weighted by atomic mass is 10.1. The number of esters is 1. The molecule has 1 aromatic heterocycles. The predicted octanol–water partition coefficient (Wildman–Crippen LogP) is 5.19. The molecular formula is C22H17NO3. The molecule has 0 bridgehead atoms. The Morgan fingerprint density at radius 2 is 1.85 bits per heavy atom. The number of ether oxygens (including phenoxy) is 1. The van der Waals surface area contributed by atoms with E-state index in [1.165, 1.54) is 0 Å². The van der Waals surface area contributed by atoms with Crippen LogP contribution in [0, 0.1) is 11.3 Å². The average Bonchev–Trinajstić information content (AvgIpc) is 3.16. The van der Waals surface area contributed by atoms with Crippen molar-refractivity contribution in [3.63, 3.8) is 0 Å². The summed E-state index contributed by atoms with van der Waals surface area (Å²) in [5.41, 5.74) is 2.59. The highest BCUT2D eigenvalue weighted by Crippen LogP contribution is 2.26. The van der Waals surface area contributed by atoms with Crippen molar-refractivity contribution in [1.82, 2.24) is 0 Å². The highest BCUT2D eigenvalue weighted by molar-refractivity contribution is 5.91. The summed E-state index contributed by atoms with van der Waals surface area (Å²) < 4.78 is 10.9. The van der Waals surface area contributed by atoms with Crippen molar-refractivity contribution in [3.05, 3.63) is 83.6 Å². The van der Waals surface area contributed by atoms with E-state index in [-0.39, 0.29) is 5.97 Å². The topological polar surface area (TPSA) is 63.2 Å². The molecule has 2 aromatic carbocycles. The van der Waals surface area contributed by atoms with Crippen molar-refractivity contribution in [2.45, 2.75) is 6.92 Å². The van der Waals surface area contributed by atoms with E-state index in [2.05, 4.69) is 6.07 Å². The van der Waals surface area contributed by atoms with Crippen molar-refractivity contribution < 1.29 is 13.9 Å². The van der Waals surface area contributed by atoms with Gasteiger partial charge >= 0.3 is 5.97 Å². The minimum Gasteiger partial charge on any atom is -0.462 e. The molecule has 0 aliphatic rings. The number of nitrogens with zero attached hydrogens (tertiary/aromatic N) is 1. The van der Waals surface area contributed by atoms with E-state index in [0.29, 0.717) is 29.3 Å². The molecule has 4 nitrogen and oxygen atoms in total. The molecule has 1 heterocycles. The Labute approximate surface area is 152 Å². The lowest BCUT2D eigenvalue weighted by Gasteiger charge is -2.03. The molecule has 0 aliphatic heterocycles. The molecular weight excluding hydrogens is 326 g/mol. The first-order valence-corrected chi connectivity index (χ1v) is 8.26. The lowest BCUT2D eigenvalue weighted by molar-refractivity contribution is 0.0526. The Morgan fingerprint density at radius 3 is 2.58 bits per heavy atom. The van der Waals surface area contributed by atoms with Crippen LogP contribution in [0.25, 0.3) is 23.0 Å². The first kappa shape index (κ1) is 17.2. The van der Waals surface area contributed by atoms with Crippen molar-refractivity contribution in [2.24, 2.45) is 0 Å². The van der Waals surface area contributed by atoms with E-state index in [1.54, 1.807) is 37.3 Å². The molecule has 0 unspecified atom stereocenters. The van der Waals surface area contributed by atoms with Crippen LogP contribution in [0.3, 0.4) is 0 Å². The van der Waals surface area contributed by atoms with Gasteiger partial charge in [-0.25, -0.2) is 4.79 Å². The minimum atomic E-state index is -0.364. The Morgan fingerprint density at radius 1 is 1.08 bits per heavy atom. The largest absolute Gasteiger partial charge is 0.462 e. The fourth-order valence-electron chi connectivity index (χ4n) is 2.54. The Balaban J connectivity index is 1.89. The Kier molecular flexibility index (Phi) is 5.31. The highest BCUT2D eigenvalue weighted by atomic mass is 16.5. The summed E-state index contributed by atoms with van der Waals surface area (Å²) in [4.78, 5) is 11.9. The fourth-order valence-corrected chi connectivity index (χ4v) is 2.54. The number of carbonyl (C=O) groups excluding carboxylic acids is 1. The first-order valence-electron chi connectivity index (χ1n) is 8.26. The second-order valence-electron chi connectivity index (χ2n) is 5.54. The summed E-state index contributed by atoms with van der Waals surface area (Å²) >= 11 is 0. The maximum absolute atomic E-state index is 11.9. The molecule has 0 fully saturated rings. The van der Waals surface area contributed by atoms with Crippen LogP contribution in [0.4, 0.5) is 0 Å². The van der Waals surface area contributed by atoms with Gasteiger partial charge in [0.15, 0.2) is 0 Å². The van der Waals surface area contributed by atoms with Gasteiger partial charge in [-0.05, 0) is 42.8 Å². The average molecular weight is 343 g/mol. The van der Waals surface area contributed by atoms with Gasteiger partial charge < -0.3 is 9.15 Å². The summed E-state index contributed by atoms with van der Waals surface area (Å²) in [5, 5.41) is 9.40. The molecule has 0 saturated heterocycles. The number of benzene rings is 2. The molecule has 0 amide bonds. The van der Waals surface area contributed by atoms with Gasteiger partial charge in [-0.2, -0.15) is 5.26 Å². The van der Waals surface area contributed by atoms with Crippen LogP contribution in [-0.4, -0.2) is 12.6 Å². The van der Waals surface area contributed by atoms with Crippen LogP contribution in [0.1, 0.15) is 28.6 Å². The van der Waals surface area contributed by atoms with Gasteiger partial charge in [0, 0.05) is 5.56 Å². The van der Waals surface area contributed by atoms with Gasteiger partial charge in [-0.3, -0.25) is 0 Å². The zero-order valence-electron chi connectivity index (χ0n) is 14.3. The Hall–Kier alpha value is -3.58. The Bertz CT molecular complexity index is 978.